The highest BCUT2D eigenvalue weighted by atomic mass is 16.5. The van der Waals surface area contributed by atoms with E-state index in [9.17, 15) is 9.59 Å². The average molecular weight is 356 g/mol. The van der Waals surface area contributed by atoms with E-state index in [1.807, 2.05) is 37.3 Å². The van der Waals surface area contributed by atoms with E-state index >= 15 is 0 Å². The van der Waals surface area contributed by atoms with Crippen LogP contribution in [0.25, 0.3) is 0 Å². The van der Waals surface area contributed by atoms with Gasteiger partial charge in [0.25, 0.3) is 11.8 Å². The van der Waals surface area contributed by atoms with E-state index in [1.165, 1.54) is 0 Å². The third-order valence-corrected chi connectivity index (χ3v) is 3.75. The number of nitrogens with one attached hydrogen (secondary N) is 1. The Labute approximate surface area is 153 Å². The summed E-state index contributed by atoms with van der Waals surface area (Å²) in [5, 5.41) is 2.83. The number of carbonyl (C=O) groups is 2. The molecule has 26 heavy (non-hydrogen) atoms. The summed E-state index contributed by atoms with van der Waals surface area (Å²) in [6.07, 6.45) is 0.697. The number of hydrogen-bond acceptors (Lipinski definition) is 4. The van der Waals surface area contributed by atoms with E-state index in [4.69, 9.17) is 15.2 Å². The molecule has 138 valence electrons. The Morgan fingerprint density at radius 2 is 1.77 bits per heavy atom. The van der Waals surface area contributed by atoms with E-state index in [1.54, 1.807) is 24.3 Å². The second-order valence-electron chi connectivity index (χ2n) is 5.78. The van der Waals surface area contributed by atoms with E-state index in [0.29, 0.717) is 30.9 Å². The Bertz CT molecular complexity index is 719. The minimum Gasteiger partial charge on any atom is -0.483 e. The van der Waals surface area contributed by atoms with Gasteiger partial charge in [-0.25, -0.2) is 0 Å². The molecule has 0 saturated carbocycles. The van der Waals surface area contributed by atoms with E-state index in [2.05, 4.69) is 5.32 Å². The average Bonchev–Trinajstić information content (AvgIpc) is 2.66. The zero-order valence-corrected chi connectivity index (χ0v) is 14.8. The van der Waals surface area contributed by atoms with Crippen molar-refractivity contribution in [3.05, 3.63) is 65.7 Å². The van der Waals surface area contributed by atoms with Crippen LogP contribution in [0.1, 0.15) is 35.4 Å². The minimum atomic E-state index is -0.593. The number of ether oxygens (including phenoxy) is 2. The minimum absolute atomic E-state index is 0.00910. The number of carbonyl (C=O) groups excluding carboxylic acids is 2. The van der Waals surface area contributed by atoms with Crippen LogP contribution in [0.5, 0.6) is 5.75 Å². The van der Waals surface area contributed by atoms with Gasteiger partial charge in [0.05, 0.1) is 11.7 Å². The molecule has 0 aliphatic heterocycles. The van der Waals surface area contributed by atoms with Crippen molar-refractivity contribution in [2.75, 3.05) is 19.8 Å². The molecule has 0 aliphatic rings. The molecule has 2 amide bonds. The Balaban J connectivity index is 1.74. The standard InChI is InChI=1S/C20H24N2O4/c1-15(16-8-3-2-4-9-16)25-13-7-12-22-20(24)17-10-5-6-11-18(17)26-14-19(21)23/h2-6,8-11,15H,7,12-14H2,1H3,(H2,21,23)(H,22,24). The molecule has 0 radical (unpaired) electrons. The smallest absolute Gasteiger partial charge is 0.255 e. The second kappa shape index (κ2) is 10.2. The number of rotatable bonds is 10. The van der Waals surface area contributed by atoms with Crippen LogP contribution in [0, 0.1) is 0 Å². The molecule has 0 aromatic heterocycles. The monoisotopic (exact) mass is 356 g/mol. The van der Waals surface area contributed by atoms with Gasteiger partial charge in [0, 0.05) is 13.2 Å². The van der Waals surface area contributed by atoms with Crippen LogP contribution in [0.3, 0.4) is 0 Å². The van der Waals surface area contributed by atoms with E-state index in [0.717, 1.165) is 5.56 Å². The molecule has 2 aromatic rings. The van der Waals surface area contributed by atoms with Crippen LogP contribution in [0.4, 0.5) is 0 Å². The van der Waals surface area contributed by atoms with Crippen LogP contribution >= 0.6 is 0 Å². The molecule has 0 saturated heterocycles. The molecule has 0 heterocycles. The summed E-state index contributed by atoms with van der Waals surface area (Å²) >= 11 is 0. The first-order chi connectivity index (χ1) is 12.6. The molecule has 1 unspecified atom stereocenters. The Morgan fingerprint density at radius 1 is 1.08 bits per heavy atom. The summed E-state index contributed by atoms with van der Waals surface area (Å²) in [5.74, 6) is -0.524. The van der Waals surface area contributed by atoms with Gasteiger partial charge in [0.2, 0.25) is 0 Å². The molecule has 0 spiro atoms. The summed E-state index contributed by atoms with van der Waals surface area (Å²) in [5.41, 5.74) is 6.56. The summed E-state index contributed by atoms with van der Waals surface area (Å²) in [4.78, 5) is 23.1. The van der Waals surface area contributed by atoms with Gasteiger partial charge in [-0.05, 0) is 31.0 Å². The number of nitrogens with two attached hydrogens (primary N) is 1. The van der Waals surface area contributed by atoms with Gasteiger partial charge in [-0.3, -0.25) is 9.59 Å². The van der Waals surface area contributed by atoms with Gasteiger partial charge in [-0.1, -0.05) is 42.5 Å². The van der Waals surface area contributed by atoms with Crippen molar-refractivity contribution in [2.45, 2.75) is 19.4 Å². The summed E-state index contributed by atoms with van der Waals surface area (Å²) < 4.78 is 11.0. The molecule has 0 fully saturated rings. The predicted molar refractivity (Wildman–Crippen MR) is 98.9 cm³/mol. The molecule has 0 aliphatic carbocycles. The lowest BCUT2D eigenvalue weighted by Gasteiger charge is -2.14. The van der Waals surface area contributed by atoms with Gasteiger partial charge in [0.1, 0.15) is 5.75 Å². The van der Waals surface area contributed by atoms with Gasteiger partial charge >= 0.3 is 0 Å². The number of hydrogen-bond donors (Lipinski definition) is 2. The molecule has 1 atom stereocenters. The van der Waals surface area contributed by atoms with Crippen LogP contribution in [-0.2, 0) is 9.53 Å². The fourth-order valence-electron chi connectivity index (χ4n) is 2.38. The lowest BCUT2D eigenvalue weighted by molar-refractivity contribution is -0.119. The van der Waals surface area contributed by atoms with Gasteiger partial charge in [-0.2, -0.15) is 0 Å². The van der Waals surface area contributed by atoms with Crippen molar-refractivity contribution in [1.82, 2.24) is 5.32 Å². The zero-order chi connectivity index (χ0) is 18.8. The van der Waals surface area contributed by atoms with Crippen molar-refractivity contribution >= 4 is 11.8 Å². The van der Waals surface area contributed by atoms with Crippen LogP contribution in [0.15, 0.2) is 54.6 Å². The molecule has 0 bridgehead atoms. The third kappa shape index (κ3) is 6.22. The molecular formula is C20H24N2O4. The first-order valence-corrected chi connectivity index (χ1v) is 8.53. The summed E-state index contributed by atoms with van der Waals surface area (Å²) in [6.45, 7) is 2.75. The van der Waals surface area contributed by atoms with Gasteiger partial charge < -0.3 is 20.5 Å². The number of benzene rings is 2. The predicted octanol–water partition coefficient (Wildman–Crippen LogP) is 2.45. The Morgan fingerprint density at radius 3 is 2.50 bits per heavy atom. The molecule has 2 aromatic carbocycles. The topological polar surface area (TPSA) is 90.7 Å². The van der Waals surface area contributed by atoms with Crippen molar-refractivity contribution in [3.63, 3.8) is 0 Å². The normalized spacial score (nSPS) is 11.6. The lowest BCUT2D eigenvalue weighted by atomic mass is 10.1. The first kappa shape index (κ1) is 19.5. The van der Waals surface area contributed by atoms with E-state index in [-0.39, 0.29) is 18.6 Å². The molecule has 6 heteroatoms. The van der Waals surface area contributed by atoms with Crippen LogP contribution in [-0.4, -0.2) is 31.6 Å². The molecular weight excluding hydrogens is 332 g/mol. The fourth-order valence-corrected chi connectivity index (χ4v) is 2.38. The summed E-state index contributed by atoms with van der Waals surface area (Å²) in [7, 11) is 0. The van der Waals surface area contributed by atoms with Crippen molar-refractivity contribution < 1.29 is 19.1 Å². The highest BCUT2D eigenvalue weighted by molar-refractivity contribution is 5.97. The third-order valence-electron chi connectivity index (χ3n) is 3.75. The highest BCUT2D eigenvalue weighted by Gasteiger charge is 2.12. The van der Waals surface area contributed by atoms with Gasteiger partial charge in [-0.15, -0.1) is 0 Å². The van der Waals surface area contributed by atoms with Crippen molar-refractivity contribution in [2.24, 2.45) is 5.73 Å². The molecule has 2 rings (SSSR count). The Kier molecular flexibility index (Phi) is 7.64. The number of para-hydroxylation sites is 1. The maximum absolute atomic E-state index is 12.3. The number of amides is 2. The zero-order valence-electron chi connectivity index (χ0n) is 14.8. The maximum Gasteiger partial charge on any atom is 0.255 e. The van der Waals surface area contributed by atoms with Crippen LogP contribution in [0.2, 0.25) is 0 Å². The van der Waals surface area contributed by atoms with Gasteiger partial charge in [0.15, 0.2) is 6.61 Å². The largest absolute Gasteiger partial charge is 0.483 e. The lowest BCUT2D eigenvalue weighted by Crippen LogP contribution is -2.27. The molecule has 6 nitrogen and oxygen atoms in total. The summed E-state index contributed by atoms with van der Waals surface area (Å²) in [6, 6.07) is 16.7. The molecule has 3 N–H and O–H groups in total. The highest BCUT2D eigenvalue weighted by Crippen LogP contribution is 2.18. The quantitative estimate of drug-likeness (QED) is 0.640. The first-order valence-electron chi connectivity index (χ1n) is 8.53. The van der Waals surface area contributed by atoms with E-state index < -0.39 is 5.91 Å². The van der Waals surface area contributed by atoms with Crippen molar-refractivity contribution in [3.8, 4) is 5.75 Å². The fraction of sp³-hybridized carbons (Fsp3) is 0.300. The maximum atomic E-state index is 12.3. The second-order valence-corrected chi connectivity index (χ2v) is 5.78. The van der Waals surface area contributed by atoms with Crippen molar-refractivity contribution in [1.29, 1.82) is 0 Å². The van der Waals surface area contributed by atoms with Crippen LogP contribution < -0.4 is 15.8 Å². The Hall–Kier alpha value is -2.86. The SMILES string of the molecule is CC(OCCCNC(=O)c1ccccc1OCC(N)=O)c1ccccc1. The number of primary amides is 1.